The molecule has 3 N–H and O–H groups in total. The van der Waals surface area contributed by atoms with Gasteiger partial charge in [-0.15, -0.1) is 0 Å². The third-order valence-electron chi connectivity index (χ3n) is 6.80. The lowest BCUT2D eigenvalue weighted by molar-refractivity contribution is -0.0528. The number of rotatable bonds is 7. The molecule has 0 unspecified atom stereocenters. The number of aromatic amines is 1. The van der Waals surface area contributed by atoms with Gasteiger partial charge in [0.1, 0.15) is 23.5 Å². The van der Waals surface area contributed by atoms with Crippen molar-refractivity contribution in [2.45, 2.75) is 49.8 Å². The number of imidazole rings is 1. The summed E-state index contributed by atoms with van der Waals surface area (Å²) < 4.78 is 32.8. The topological polar surface area (TPSA) is 151 Å². The predicted octanol–water partition coefficient (Wildman–Crippen LogP) is 2.27. The first-order valence-electron chi connectivity index (χ1n) is 11.3. The summed E-state index contributed by atoms with van der Waals surface area (Å²) in [5, 5.41) is 22.2. The number of carbonyl (C=O) groups is 1. The maximum Gasteiger partial charge on any atom is 0.408 e. The summed E-state index contributed by atoms with van der Waals surface area (Å²) in [6.07, 6.45) is 0.518. The van der Waals surface area contributed by atoms with E-state index in [0.29, 0.717) is 41.3 Å². The molecule has 13 heteroatoms. The first-order chi connectivity index (χ1) is 16.9. The van der Waals surface area contributed by atoms with Crippen molar-refractivity contribution in [1.29, 1.82) is 5.26 Å². The molecule has 35 heavy (non-hydrogen) atoms. The number of anilines is 2. The summed E-state index contributed by atoms with van der Waals surface area (Å²) in [5.41, 5.74) is 1.59. The van der Waals surface area contributed by atoms with Crippen molar-refractivity contribution in [2.24, 2.45) is 5.92 Å². The van der Waals surface area contributed by atoms with Crippen LogP contribution in [0.15, 0.2) is 18.3 Å². The molecule has 3 aliphatic carbocycles. The minimum absolute atomic E-state index is 0.0552. The highest BCUT2D eigenvalue weighted by Gasteiger charge is 2.58. The Morgan fingerprint density at radius 2 is 2.23 bits per heavy atom. The number of alkyl carbamates (subject to hydrolysis) is 1. The first-order valence-corrected chi connectivity index (χ1v) is 11.3. The molecular formula is C22H23FN8O4. The Morgan fingerprint density at radius 3 is 2.94 bits per heavy atom. The third kappa shape index (κ3) is 3.84. The zero-order chi connectivity index (χ0) is 24.2. The number of nitrogens with one attached hydrogen (secondary N) is 3. The number of fused-ring (bicyclic) bond motifs is 1. The molecule has 2 bridgehead atoms. The van der Waals surface area contributed by atoms with E-state index < -0.39 is 24.5 Å². The average Bonchev–Trinajstić information content (AvgIpc) is 3.49. The Balaban J connectivity index is 1.14. The van der Waals surface area contributed by atoms with Crippen molar-refractivity contribution in [3.63, 3.8) is 0 Å². The Labute approximate surface area is 198 Å². The standard InChI is InChI=1S/C22H23FN8O4/c1-33-9-13-8-31-17(25-13)2-12(7-24)26-20(31)27-16-3-14(29-30-16)19-18(23)15(10-34-19)35-21(32)28-22-4-11(5-22)6-22/h2-3,8,11,15,18-19H,4-6,9-10H2,1H3,(H,28,32)(H2,26,27,29,30)/t11?,15-,18+,19-,22?/m0/s1. The number of methoxy groups -OCH3 is 1. The molecule has 182 valence electrons. The van der Waals surface area contributed by atoms with Crippen molar-refractivity contribution < 1.29 is 23.4 Å². The zero-order valence-corrected chi connectivity index (χ0v) is 18.8. The second-order valence-electron chi connectivity index (χ2n) is 9.33. The number of nitriles is 1. The van der Waals surface area contributed by atoms with Crippen LogP contribution in [-0.4, -0.2) is 62.2 Å². The number of ether oxygens (including phenoxy) is 3. The van der Waals surface area contributed by atoms with Gasteiger partial charge in [0.15, 0.2) is 18.1 Å². The van der Waals surface area contributed by atoms with E-state index in [9.17, 15) is 10.1 Å². The number of H-pyrrole nitrogens is 1. The molecule has 1 aliphatic heterocycles. The summed E-state index contributed by atoms with van der Waals surface area (Å²) >= 11 is 0. The molecule has 1 saturated heterocycles. The highest BCUT2D eigenvalue weighted by atomic mass is 19.1. The van der Waals surface area contributed by atoms with Crippen LogP contribution in [0.5, 0.6) is 0 Å². The summed E-state index contributed by atoms with van der Waals surface area (Å²) in [4.78, 5) is 20.9. The highest BCUT2D eigenvalue weighted by Crippen LogP contribution is 2.57. The molecule has 0 spiro atoms. The number of hydrogen-bond donors (Lipinski definition) is 3. The average molecular weight is 482 g/mol. The van der Waals surface area contributed by atoms with E-state index in [4.69, 9.17) is 14.2 Å². The van der Waals surface area contributed by atoms with Gasteiger partial charge in [-0.05, 0) is 25.2 Å². The van der Waals surface area contributed by atoms with Crippen molar-refractivity contribution in [3.8, 4) is 6.07 Å². The molecule has 3 aromatic heterocycles. The summed E-state index contributed by atoms with van der Waals surface area (Å²) in [6, 6.07) is 5.15. The van der Waals surface area contributed by atoms with Crippen LogP contribution in [-0.2, 0) is 20.8 Å². The molecule has 4 fully saturated rings. The van der Waals surface area contributed by atoms with Gasteiger partial charge < -0.3 is 24.8 Å². The van der Waals surface area contributed by atoms with E-state index in [2.05, 4.69) is 30.8 Å². The normalized spacial score (nSPS) is 28.7. The van der Waals surface area contributed by atoms with E-state index in [1.54, 1.807) is 29.8 Å². The molecule has 0 radical (unpaired) electrons. The van der Waals surface area contributed by atoms with Crippen LogP contribution in [0.4, 0.5) is 21.0 Å². The van der Waals surface area contributed by atoms with Gasteiger partial charge in [0.25, 0.3) is 0 Å². The van der Waals surface area contributed by atoms with Crippen molar-refractivity contribution >= 4 is 23.5 Å². The van der Waals surface area contributed by atoms with Crippen LogP contribution in [0, 0.1) is 17.2 Å². The fraction of sp³-hybridized carbons (Fsp3) is 0.500. The fourth-order valence-corrected chi connectivity index (χ4v) is 5.02. The van der Waals surface area contributed by atoms with Crippen molar-refractivity contribution in [3.05, 3.63) is 35.4 Å². The molecule has 4 aliphatic rings. The summed E-state index contributed by atoms with van der Waals surface area (Å²) in [5.74, 6) is 1.36. The SMILES string of the molecule is COCc1cn2c(Nc3cc([C@@H]4OC[C@H](OC(=O)NC56CC(C5)C6)[C@H]4F)[nH]n3)nc(C#N)cc2n1. The third-order valence-corrected chi connectivity index (χ3v) is 6.80. The lowest BCUT2D eigenvalue weighted by atomic mass is 9.50. The largest absolute Gasteiger partial charge is 0.441 e. The van der Waals surface area contributed by atoms with Crippen molar-refractivity contribution in [2.75, 3.05) is 19.0 Å². The van der Waals surface area contributed by atoms with Crippen LogP contribution < -0.4 is 10.6 Å². The molecule has 4 heterocycles. The number of hydrogen-bond acceptors (Lipinski definition) is 9. The zero-order valence-electron chi connectivity index (χ0n) is 18.8. The van der Waals surface area contributed by atoms with Crippen molar-refractivity contribution in [1.82, 2.24) is 29.9 Å². The van der Waals surface area contributed by atoms with Crippen LogP contribution in [0.3, 0.4) is 0 Å². The van der Waals surface area contributed by atoms with Gasteiger partial charge in [-0.2, -0.15) is 10.4 Å². The fourth-order valence-electron chi connectivity index (χ4n) is 5.02. The molecule has 3 saturated carbocycles. The molecule has 3 atom stereocenters. The number of alkyl halides is 1. The van der Waals surface area contributed by atoms with Crippen LogP contribution in [0.25, 0.3) is 5.65 Å². The van der Waals surface area contributed by atoms with E-state index in [-0.39, 0.29) is 17.8 Å². The summed E-state index contributed by atoms with van der Waals surface area (Å²) in [6.45, 7) is 0.246. The minimum atomic E-state index is -1.56. The smallest absolute Gasteiger partial charge is 0.408 e. The lowest BCUT2D eigenvalue weighted by Crippen LogP contribution is -2.68. The number of carbonyl (C=O) groups excluding carboxylic acids is 1. The van der Waals surface area contributed by atoms with E-state index in [0.717, 1.165) is 19.3 Å². The molecule has 7 rings (SSSR count). The molecular weight excluding hydrogens is 459 g/mol. The van der Waals surface area contributed by atoms with E-state index >= 15 is 4.39 Å². The molecule has 0 aromatic carbocycles. The van der Waals surface area contributed by atoms with Gasteiger partial charge in [-0.25, -0.2) is 19.2 Å². The number of amides is 1. The van der Waals surface area contributed by atoms with Crippen LogP contribution in [0.1, 0.15) is 42.4 Å². The Hall–Kier alpha value is -3.76. The number of aromatic nitrogens is 5. The second-order valence-corrected chi connectivity index (χ2v) is 9.33. The van der Waals surface area contributed by atoms with Gasteiger partial charge >= 0.3 is 6.09 Å². The second kappa shape index (κ2) is 8.17. The van der Waals surface area contributed by atoms with Gasteiger partial charge in [-0.1, -0.05) is 0 Å². The Kier molecular flexibility index (Phi) is 5.08. The number of nitrogens with zero attached hydrogens (tertiary/aromatic N) is 5. The van der Waals surface area contributed by atoms with E-state index in [1.165, 1.54) is 0 Å². The Bertz CT molecular complexity index is 1320. The minimum Gasteiger partial charge on any atom is -0.441 e. The molecule has 12 nitrogen and oxygen atoms in total. The van der Waals surface area contributed by atoms with Gasteiger partial charge in [0, 0.05) is 31.0 Å². The summed E-state index contributed by atoms with van der Waals surface area (Å²) in [7, 11) is 1.56. The lowest BCUT2D eigenvalue weighted by Gasteiger charge is -2.61. The van der Waals surface area contributed by atoms with E-state index in [1.807, 2.05) is 6.07 Å². The number of halogens is 1. The Morgan fingerprint density at radius 1 is 1.40 bits per heavy atom. The van der Waals surface area contributed by atoms with Crippen LogP contribution >= 0.6 is 0 Å². The maximum atomic E-state index is 15.1. The van der Waals surface area contributed by atoms with Crippen LogP contribution in [0.2, 0.25) is 0 Å². The van der Waals surface area contributed by atoms with Gasteiger partial charge in [0.2, 0.25) is 5.95 Å². The monoisotopic (exact) mass is 482 g/mol. The molecule has 1 amide bonds. The maximum absolute atomic E-state index is 15.1. The highest BCUT2D eigenvalue weighted by molar-refractivity contribution is 5.69. The van der Waals surface area contributed by atoms with Gasteiger partial charge in [0.05, 0.1) is 24.6 Å². The predicted molar refractivity (Wildman–Crippen MR) is 117 cm³/mol. The quantitative estimate of drug-likeness (QED) is 0.460. The molecule has 3 aromatic rings. The first kappa shape index (κ1) is 21.8. The van der Waals surface area contributed by atoms with Gasteiger partial charge in [-0.3, -0.25) is 9.50 Å².